The molecule has 4 nitrogen and oxygen atoms in total. The molecule has 0 unspecified atom stereocenters. The van der Waals surface area contributed by atoms with Crippen LogP contribution in [-0.2, 0) is 9.47 Å². The van der Waals surface area contributed by atoms with Crippen LogP contribution in [-0.4, -0.2) is 42.9 Å². The summed E-state index contributed by atoms with van der Waals surface area (Å²) in [5, 5.41) is 9.09. The van der Waals surface area contributed by atoms with Crippen LogP contribution >= 0.6 is 21.6 Å². The molecule has 1 rings (SSSR count). The molecule has 6 heteroatoms. The number of aromatic hydroxyl groups is 1. The van der Waals surface area contributed by atoms with Gasteiger partial charge in [0.05, 0.1) is 12.2 Å². The Balaban J connectivity index is 2.12. The molecule has 0 saturated carbocycles. The van der Waals surface area contributed by atoms with Gasteiger partial charge in [0, 0.05) is 18.6 Å². The highest BCUT2D eigenvalue weighted by molar-refractivity contribution is 8.76. The third kappa shape index (κ3) is 6.18. The standard InChI is InChI=1S/C12H16O4S2/c1-15-6-8-17-18-9-7-16-12(14)10-2-4-11(13)5-3-10/h2-5,13H,6-9H2,1H3. The number of phenols is 1. The minimum Gasteiger partial charge on any atom is -0.508 e. The number of hydrogen-bond acceptors (Lipinski definition) is 6. The van der Waals surface area contributed by atoms with Crippen LogP contribution in [0.4, 0.5) is 0 Å². The summed E-state index contributed by atoms with van der Waals surface area (Å²) in [6.07, 6.45) is 0. The second-order valence-corrected chi connectivity index (χ2v) is 6.02. The van der Waals surface area contributed by atoms with Crippen molar-refractivity contribution in [1.82, 2.24) is 0 Å². The van der Waals surface area contributed by atoms with E-state index in [-0.39, 0.29) is 11.7 Å². The van der Waals surface area contributed by atoms with Crippen LogP contribution in [0.3, 0.4) is 0 Å². The van der Waals surface area contributed by atoms with Gasteiger partial charge in [-0.05, 0) is 24.3 Å². The normalized spacial score (nSPS) is 10.3. The van der Waals surface area contributed by atoms with Crippen molar-refractivity contribution in [3.05, 3.63) is 29.8 Å². The van der Waals surface area contributed by atoms with Crippen molar-refractivity contribution in [1.29, 1.82) is 0 Å². The molecule has 1 aromatic carbocycles. The zero-order valence-corrected chi connectivity index (χ0v) is 11.8. The fourth-order valence-corrected chi connectivity index (χ4v) is 2.82. The average molecular weight is 288 g/mol. The second kappa shape index (κ2) is 9.13. The molecule has 0 bridgehead atoms. The van der Waals surface area contributed by atoms with Crippen LogP contribution < -0.4 is 0 Å². The minimum absolute atomic E-state index is 0.136. The highest BCUT2D eigenvalue weighted by atomic mass is 33.1. The third-order valence-electron chi connectivity index (χ3n) is 1.96. The maximum Gasteiger partial charge on any atom is 0.338 e. The maximum atomic E-state index is 11.6. The van der Waals surface area contributed by atoms with Gasteiger partial charge < -0.3 is 14.6 Å². The number of carbonyl (C=O) groups excluding carboxylic acids is 1. The molecule has 0 fully saturated rings. The lowest BCUT2D eigenvalue weighted by molar-refractivity contribution is 0.0530. The topological polar surface area (TPSA) is 55.8 Å². The van der Waals surface area contributed by atoms with Crippen LogP contribution in [0, 0.1) is 0 Å². The van der Waals surface area contributed by atoms with Gasteiger partial charge in [0.15, 0.2) is 0 Å². The maximum absolute atomic E-state index is 11.6. The van der Waals surface area contributed by atoms with E-state index < -0.39 is 0 Å². The molecule has 0 aliphatic rings. The van der Waals surface area contributed by atoms with Crippen molar-refractivity contribution in [2.75, 3.05) is 31.8 Å². The van der Waals surface area contributed by atoms with Gasteiger partial charge >= 0.3 is 5.97 Å². The zero-order chi connectivity index (χ0) is 13.2. The number of esters is 1. The highest BCUT2D eigenvalue weighted by Gasteiger charge is 2.06. The van der Waals surface area contributed by atoms with Gasteiger partial charge in [-0.25, -0.2) is 4.79 Å². The Morgan fingerprint density at radius 2 is 1.78 bits per heavy atom. The van der Waals surface area contributed by atoms with Crippen LogP contribution in [0.1, 0.15) is 10.4 Å². The lowest BCUT2D eigenvalue weighted by atomic mass is 10.2. The SMILES string of the molecule is COCCSSCCOC(=O)c1ccc(O)cc1. The minimum atomic E-state index is -0.363. The quantitative estimate of drug-likeness (QED) is 0.451. The van der Waals surface area contributed by atoms with Crippen LogP contribution in [0.25, 0.3) is 0 Å². The number of ether oxygens (including phenoxy) is 2. The van der Waals surface area contributed by atoms with Gasteiger partial charge in [-0.3, -0.25) is 0 Å². The van der Waals surface area contributed by atoms with Crippen molar-refractivity contribution in [3.63, 3.8) is 0 Å². The number of methoxy groups -OCH3 is 1. The molecular weight excluding hydrogens is 272 g/mol. The number of phenolic OH excluding ortho intramolecular Hbond substituents is 1. The predicted molar refractivity (Wildman–Crippen MR) is 75.2 cm³/mol. The summed E-state index contributed by atoms with van der Waals surface area (Å²) in [5.74, 6) is 1.44. The van der Waals surface area contributed by atoms with E-state index in [0.717, 1.165) is 18.1 Å². The van der Waals surface area contributed by atoms with E-state index in [2.05, 4.69) is 0 Å². The summed E-state index contributed by atoms with van der Waals surface area (Å²) < 4.78 is 10.0. The van der Waals surface area contributed by atoms with Gasteiger partial charge in [-0.15, -0.1) is 0 Å². The van der Waals surface area contributed by atoms with Gasteiger partial charge in [0.2, 0.25) is 0 Å². The van der Waals surface area contributed by atoms with E-state index in [0.29, 0.717) is 12.2 Å². The van der Waals surface area contributed by atoms with Crippen molar-refractivity contribution in [2.24, 2.45) is 0 Å². The van der Waals surface area contributed by atoms with E-state index in [1.54, 1.807) is 28.7 Å². The lowest BCUT2D eigenvalue weighted by Gasteiger charge is -2.04. The summed E-state index contributed by atoms with van der Waals surface area (Å²) in [6.45, 7) is 1.11. The molecule has 0 atom stereocenters. The highest BCUT2D eigenvalue weighted by Crippen LogP contribution is 2.20. The van der Waals surface area contributed by atoms with Crippen molar-refractivity contribution in [3.8, 4) is 5.75 Å². The van der Waals surface area contributed by atoms with Crippen LogP contribution in [0.5, 0.6) is 5.75 Å². The van der Waals surface area contributed by atoms with E-state index in [1.807, 2.05) is 0 Å². The van der Waals surface area contributed by atoms with E-state index in [1.165, 1.54) is 24.3 Å². The molecule has 1 aromatic rings. The average Bonchev–Trinajstić information content (AvgIpc) is 2.38. The Morgan fingerprint density at radius 1 is 1.17 bits per heavy atom. The first kappa shape index (κ1) is 15.2. The van der Waals surface area contributed by atoms with E-state index >= 15 is 0 Å². The summed E-state index contributed by atoms with van der Waals surface area (Å²) in [6, 6.07) is 6.01. The van der Waals surface area contributed by atoms with Gasteiger partial charge in [-0.1, -0.05) is 21.6 Å². The molecule has 1 N–H and O–H groups in total. The van der Waals surface area contributed by atoms with E-state index in [9.17, 15) is 4.79 Å². The Bertz CT molecular complexity index is 354. The van der Waals surface area contributed by atoms with Crippen molar-refractivity contribution < 1.29 is 19.4 Å². The zero-order valence-electron chi connectivity index (χ0n) is 10.1. The van der Waals surface area contributed by atoms with Gasteiger partial charge in [-0.2, -0.15) is 0 Å². The summed E-state index contributed by atoms with van der Waals surface area (Å²) in [5.41, 5.74) is 0.449. The summed E-state index contributed by atoms with van der Waals surface area (Å²) in [4.78, 5) is 11.6. The molecular formula is C12H16O4S2. The molecule has 0 aromatic heterocycles. The van der Waals surface area contributed by atoms with Gasteiger partial charge in [0.1, 0.15) is 12.4 Å². The van der Waals surface area contributed by atoms with Crippen molar-refractivity contribution >= 4 is 27.6 Å². The molecule has 0 spiro atoms. The summed E-state index contributed by atoms with van der Waals surface area (Å²) in [7, 11) is 5.02. The molecule has 0 aliphatic heterocycles. The number of carbonyl (C=O) groups is 1. The fourth-order valence-electron chi connectivity index (χ4n) is 1.08. The second-order valence-electron chi connectivity index (χ2n) is 3.32. The molecule has 0 saturated heterocycles. The number of rotatable bonds is 8. The Kier molecular flexibility index (Phi) is 7.71. The Morgan fingerprint density at radius 3 is 2.39 bits per heavy atom. The molecule has 0 heterocycles. The Labute approximate surface area is 114 Å². The first-order chi connectivity index (χ1) is 8.74. The molecule has 100 valence electrons. The Hall–Kier alpha value is -0.850. The van der Waals surface area contributed by atoms with E-state index in [4.69, 9.17) is 14.6 Å². The van der Waals surface area contributed by atoms with Gasteiger partial charge in [0.25, 0.3) is 0 Å². The first-order valence-corrected chi connectivity index (χ1v) is 7.92. The van der Waals surface area contributed by atoms with Crippen LogP contribution in [0.2, 0.25) is 0 Å². The molecule has 0 amide bonds. The molecule has 0 aliphatic carbocycles. The number of hydrogen-bond donors (Lipinski definition) is 1. The number of benzene rings is 1. The lowest BCUT2D eigenvalue weighted by Crippen LogP contribution is -2.07. The molecule has 0 radical (unpaired) electrons. The monoisotopic (exact) mass is 288 g/mol. The predicted octanol–water partition coefficient (Wildman–Crippen LogP) is 2.58. The van der Waals surface area contributed by atoms with Crippen LogP contribution in [0.15, 0.2) is 24.3 Å². The smallest absolute Gasteiger partial charge is 0.338 e. The van der Waals surface area contributed by atoms with Crippen molar-refractivity contribution in [2.45, 2.75) is 0 Å². The molecule has 18 heavy (non-hydrogen) atoms. The summed E-state index contributed by atoms with van der Waals surface area (Å²) >= 11 is 0. The largest absolute Gasteiger partial charge is 0.508 e. The fraction of sp³-hybridized carbons (Fsp3) is 0.417. The first-order valence-electron chi connectivity index (χ1n) is 5.43. The third-order valence-corrected chi connectivity index (χ3v) is 4.29.